The summed E-state index contributed by atoms with van der Waals surface area (Å²) in [6.07, 6.45) is 1.68. The minimum atomic E-state index is -0.235. The Bertz CT molecular complexity index is 537. The molecule has 1 aliphatic heterocycles. The molecule has 0 spiro atoms. The number of ether oxygens (including phenoxy) is 1. The molecule has 2 atom stereocenters. The lowest BCUT2D eigenvalue weighted by molar-refractivity contribution is -0.119. The van der Waals surface area contributed by atoms with Crippen LogP contribution in [0.25, 0.3) is 0 Å². The summed E-state index contributed by atoms with van der Waals surface area (Å²) in [4.78, 5) is 11.1. The summed E-state index contributed by atoms with van der Waals surface area (Å²) in [6, 6.07) is 3.98. The molecule has 0 bridgehead atoms. The maximum atomic E-state index is 11.1. The number of amides is 1. The van der Waals surface area contributed by atoms with E-state index in [-0.39, 0.29) is 23.3 Å². The molecule has 1 heterocycles. The fraction of sp³-hybridized carbons (Fsp3) is 0.500. The Balaban J connectivity index is 1.93. The van der Waals surface area contributed by atoms with Crippen molar-refractivity contribution in [2.75, 3.05) is 5.73 Å². The van der Waals surface area contributed by atoms with Crippen LogP contribution in [0.15, 0.2) is 12.1 Å². The van der Waals surface area contributed by atoms with E-state index in [4.69, 9.17) is 16.2 Å². The molecule has 4 nitrogen and oxygen atoms in total. The molecule has 2 unspecified atom stereocenters. The van der Waals surface area contributed by atoms with Crippen LogP contribution >= 0.6 is 0 Å². The van der Waals surface area contributed by atoms with E-state index < -0.39 is 0 Å². The summed E-state index contributed by atoms with van der Waals surface area (Å²) in [6.45, 7) is 4.12. The van der Waals surface area contributed by atoms with Gasteiger partial charge in [0.05, 0.1) is 0 Å². The Morgan fingerprint density at radius 1 is 1.44 bits per heavy atom. The van der Waals surface area contributed by atoms with Gasteiger partial charge < -0.3 is 16.2 Å². The summed E-state index contributed by atoms with van der Waals surface area (Å²) >= 11 is 0. The third-order valence-corrected chi connectivity index (χ3v) is 3.82. The van der Waals surface area contributed by atoms with Gasteiger partial charge in [-0.3, -0.25) is 4.79 Å². The number of anilines is 1. The third-order valence-electron chi connectivity index (χ3n) is 3.82. The second kappa shape index (κ2) is 3.40. The fourth-order valence-corrected chi connectivity index (χ4v) is 2.86. The number of fused-ring (bicyclic) bond motifs is 1. The summed E-state index contributed by atoms with van der Waals surface area (Å²) in [5, 5.41) is 0. The highest BCUT2D eigenvalue weighted by Crippen LogP contribution is 2.51. The van der Waals surface area contributed by atoms with E-state index in [0.29, 0.717) is 0 Å². The molecule has 96 valence electrons. The van der Waals surface area contributed by atoms with Gasteiger partial charge in [-0.15, -0.1) is 0 Å². The average molecular weight is 246 g/mol. The number of benzene rings is 1. The monoisotopic (exact) mass is 246 g/mol. The molecule has 1 amide bonds. The highest BCUT2D eigenvalue weighted by Gasteiger charge is 2.44. The standard InChI is InChI=1S/C14H18N2O2/c1-14(2)6-7-3-11(15)9(5-12(7)18-14)8-4-10(8)13(16)17/h3,5,8,10H,4,6,15H2,1-2H3,(H2,16,17). The number of carbonyl (C=O) groups is 1. The number of nitrogen functional groups attached to an aromatic ring is 1. The fourth-order valence-electron chi connectivity index (χ4n) is 2.86. The van der Waals surface area contributed by atoms with Gasteiger partial charge >= 0.3 is 0 Å². The molecule has 1 aliphatic carbocycles. The molecule has 4 N–H and O–H groups in total. The average Bonchev–Trinajstić information content (AvgIpc) is 2.95. The Hall–Kier alpha value is -1.71. The van der Waals surface area contributed by atoms with Gasteiger partial charge in [-0.25, -0.2) is 0 Å². The molecule has 1 saturated carbocycles. The van der Waals surface area contributed by atoms with Crippen LogP contribution in [-0.4, -0.2) is 11.5 Å². The van der Waals surface area contributed by atoms with E-state index in [1.807, 2.05) is 12.1 Å². The molecule has 18 heavy (non-hydrogen) atoms. The molecule has 3 rings (SSSR count). The lowest BCUT2D eigenvalue weighted by atomic mass is 9.98. The van der Waals surface area contributed by atoms with Crippen molar-refractivity contribution in [3.05, 3.63) is 23.3 Å². The van der Waals surface area contributed by atoms with Crippen LogP contribution in [0.1, 0.15) is 37.3 Å². The van der Waals surface area contributed by atoms with E-state index in [1.165, 1.54) is 0 Å². The summed E-state index contributed by atoms with van der Waals surface area (Å²) < 4.78 is 5.89. The highest BCUT2D eigenvalue weighted by atomic mass is 16.5. The zero-order valence-electron chi connectivity index (χ0n) is 10.7. The number of primary amides is 1. The molecule has 1 aromatic rings. The smallest absolute Gasteiger partial charge is 0.221 e. The normalized spacial score (nSPS) is 27.4. The molecule has 4 heteroatoms. The minimum absolute atomic E-state index is 0.0558. The lowest BCUT2D eigenvalue weighted by Gasteiger charge is -2.17. The van der Waals surface area contributed by atoms with Crippen LogP contribution in [0.4, 0.5) is 5.69 Å². The molecular weight excluding hydrogens is 228 g/mol. The van der Waals surface area contributed by atoms with Crippen molar-refractivity contribution in [2.45, 2.75) is 38.2 Å². The van der Waals surface area contributed by atoms with Crippen molar-refractivity contribution >= 4 is 11.6 Å². The molecule has 0 radical (unpaired) electrons. The maximum Gasteiger partial charge on any atom is 0.221 e. The van der Waals surface area contributed by atoms with Crippen LogP contribution in [0.3, 0.4) is 0 Å². The summed E-state index contributed by atoms with van der Waals surface area (Å²) in [5.74, 6) is 0.792. The molecule has 1 fully saturated rings. The number of rotatable bonds is 2. The van der Waals surface area contributed by atoms with Gasteiger partial charge in [0.25, 0.3) is 0 Å². The number of carbonyl (C=O) groups excluding carboxylic acids is 1. The molecule has 1 aromatic carbocycles. The first-order chi connectivity index (χ1) is 8.37. The Morgan fingerprint density at radius 3 is 2.78 bits per heavy atom. The maximum absolute atomic E-state index is 11.1. The second-order valence-electron chi connectivity index (χ2n) is 5.98. The van der Waals surface area contributed by atoms with Gasteiger partial charge in [-0.05, 0) is 43.9 Å². The van der Waals surface area contributed by atoms with Crippen molar-refractivity contribution < 1.29 is 9.53 Å². The van der Waals surface area contributed by atoms with Crippen LogP contribution in [-0.2, 0) is 11.2 Å². The first kappa shape index (κ1) is 11.4. The Morgan fingerprint density at radius 2 is 2.17 bits per heavy atom. The predicted molar refractivity (Wildman–Crippen MR) is 69.3 cm³/mol. The van der Waals surface area contributed by atoms with Crippen molar-refractivity contribution in [1.82, 2.24) is 0 Å². The first-order valence-corrected chi connectivity index (χ1v) is 6.28. The van der Waals surface area contributed by atoms with E-state index in [9.17, 15) is 4.79 Å². The molecule has 2 aliphatic rings. The number of hydrogen-bond donors (Lipinski definition) is 2. The zero-order chi connectivity index (χ0) is 13.1. The number of nitrogens with two attached hydrogens (primary N) is 2. The molecule has 0 saturated heterocycles. The topological polar surface area (TPSA) is 78.3 Å². The van der Waals surface area contributed by atoms with Gasteiger partial charge in [0.1, 0.15) is 11.4 Å². The van der Waals surface area contributed by atoms with Crippen molar-refractivity contribution in [2.24, 2.45) is 11.7 Å². The molecular formula is C14H18N2O2. The lowest BCUT2D eigenvalue weighted by Crippen LogP contribution is -2.24. The van der Waals surface area contributed by atoms with E-state index >= 15 is 0 Å². The minimum Gasteiger partial charge on any atom is -0.487 e. The zero-order valence-corrected chi connectivity index (χ0v) is 10.7. The quantitative estimate of drug-likeness (QED) is 0.777. The van der Waals surface area contributed by atoms with Crippen molar-refractivity contribution in [1.29, 1.82) is 0 Å². The number of hydrogen-bond acceptors (Lipinski definition) is 3. The van der Waals surface area contributed by atoms with Gasteiger partial charge in [-0.2, -0.15) is 0 Å². The van der Waals surface area contributed by atoms with Gasteiger partial charge in [0, 0.05) is 23.6 Å². The van der Waals surface area contributed by atoms with E-state index in [1.54, 1.807) is 0 Å². The SMILES string of the molecule is CC1(C)Cc2cc(N)c(C3CC3C(N)=O)cc2O1. The van der Waals surface area contributed by atoms with Gasteiger partial charge in [0.15, 0.2) is 0 Å². The second-order valence-corrected chi connectivity index (χ2v) is 5.98. The van der Waals surface area contributed by atoms with Gasteiger partial charge in [-0.1, -0.05) is 0 Å². The summed E-state index contributed by atoms with van der Waals surface area (Å²) in [5.41, 5.74) is 14.1. The van der Waals surface area contributed by atoms with Gasteiger partial charge in [0.2, 0.25) is 5.91 Å². The first-order valence-electron chi connectivity index (χ1n) is 6.28. The van der Waals surface area contributed by atoms with Crippen LogP contribution in [0, 0.1) is 5.92 Å². The Kier molecular flexibility index (Phi) is 2.15. The van der Waals surface area contributed by atoms with E-state index in [2.05, 4.69) is 13.8 Å². The van der Waals surface area contributed by atoms with E-state index in [0.717, 1.165) is 35.4 Å². The van der Waals surface area contributed by atoms with Crippen molar-refractivity contribution in [3.63, 3.8) is 0 Å². The molecule has 0 aromatic heterocycles. The Labute approximate surface area is 106 Å². The van der Waals surface area contributed by atoms with Crippen molar-refractivity contribution in [3.8, 4) is 5.75 Å². The van der Waals surface area contributed by atoms with Crippen LogP contribution in [0.5, 0.6) is 5.75 Å². The summed E-state index contributed by atoms with van der Waals surface area (Å²) in [7, 11) is 0. The largest absolute Gasteiger partial charge is 0.487 e. The predicted octanol–water partition coefficient (Wildman–Crippen LogP) is 1.57. The third kappa shape index (κ3) is 1.72. The highest BCUT2D eigenvalue weighted by molar-refractivity contribution is 5.82. The van der Waals surface area contributed by atoms with Crippen LogP contribution < -0.4 is 16.2 Å². The van der Waals surface area contributed by atoms with Crippen LogP contribution in [0.2, 0.25) is 0 Å².